The summed E-state index contributed by atoms with van der Waals surface area (Å²) in [6.07, 6.45) is 4.13. The fourth-order valence-electron chi connectivity index (χ4n) is 2.10. The predicted octanol–water partition coefficient (Wildman–Crippen LogP) is 3.44. The van der Waals surface area contributed by atoms with E-state index in [1.807, 2.05) is 0 Å². The Labute approximate surface area is 95.5 Å². The lowest BCUT2D eigenvalue weighted by Gasteiger charge is -2.23. The van der Waals surface area contributed by atoms with E-state index in [2.05, 4.69) is 13.8 Å². The van der Waals surface area contributed by atoms with Crippen LogP contribution in [0.4, 0.5) is 0 Å². The van der Waals surface area contributed by atoms with Crippen LogP contribution in [0, 0.1) is 5.92 Å². The maximum atomic E-state index is 11.1. The molecule has 16 heavy (non-hydrogen) atoms. The summed E-state index contributed by atoms with van der Waals surface area (Å²) in [6, 6.07) is 1.70. The number of aromatic carboxylic acids is 1. The van der Waals surface area contributed by atoms with Crippen LogP contribution in [0.15, 0.2) is 10.5 Å². The monoisotopic (exact) mass is 222 g/mol. The predicted molar refractivity (Wildman–Crippen MR) is 60.8 cm³/mol. The van der Waals surface area contributed by atoms with E-state index in [4.69, 9.17) is 9.52 Å². The van der Waals surface area contributed by atoms with Crippen LogP contribution < -0.4 is 0 Å². The second kappa shape index (κ2) is 4.32. The van der Waals surface area contributed by atoms with Gasteiger partial charge in [-0.25, -0.2) is 4.79 Å². The molecular weight excluding hydrogens is 204 g/mol. The Balaban J connectivity index is 2.26. The number of rotatable bonds is 4. The van der Waals surface area contributed by atoms with E-state index in [-0.39, 0.29) is 0 Å². The van der Waals surface area contributed by atoms with Gasteiger partial charge in [-0.2, -0.15) is 0 Å². The minimum atomic E-state index is -0.861. The summed E-state index contributed by atoms with van der Waals surface area (Å²) in [5, 5.41) is 9.12. The maximum absolute atomic E-state index is 11.1. The third-order valence-corrected chi connectivity index (χ3v) is 3.13. The smallest absolute Gasteiger partial charge is 0.339 e. The maximum Gasteiger partial charge on any atom is 0.339 e. The van der Waals surface area contributed by atoms with E-state index in [1.54, 1.807) is 6.07 Å². The van der Waals surface area contributed by atoms with Gasteiger partial charge in [0.1, 0.15) is 17.1 Å². The molecule has 1 fully saturated rings. The van der Waals surface area contributed by atoms with Crippen LogP contribution in [0.1, 0.15) is 60.9 Å². The SMILES string of the molecule is CC(C)Cc1cc(C(=O)O)c(C2CCC2)o1. The highest BCUT2D eigenvalue weighted by molar-refractivity contribution is 5.89. The fourth-order valence-corrected chi connectivity index (χ4v) is 2.10. The van der Waals surface area contributed by atoms with Crippen LogP contribution in [0.25, 0.3) is 0 Å². The number of furan rings is 1. The molecule has 3 nitrogen and oxygen atoms in total. The summed E-state index contributed by atoms with van der Waals surface area (Å²) in [5.41, 5.74) is 0.375. The summed E-state index contributed by atoms with van der Waals surface area (Å²) >= 11 is 0. The van der Waals surface area contributed by atoms with E-state index < -0.39 is 5.97 Å². The van der Waals surface area contributed by atoms with E-state index in [0.29, 0.717) is 23.2 Å². The molecule has 0 aliphatic heterocycles. The lowest BCUT2D eigenvalue weighted by atomic mass is 9.82. The van der Waals surface area contributed by atoms with Crippen molar-refractivity contribution in [1.82, 2.24) is 0 Å². The van der Waals surface area contributed by atoms with Crippen molar-refractivity contribution >= 4 is 5.97 Å². The van der Waals surface area contributed by atoms with Gasteiger partial charge in [0.25, 0.3) is 0 Å². The summed E-state index contributed by atoms with van der Waals surface area (Å²) in [7, 11) is 0. The Morgan fingerprint density at radius 3 is 2.69 bits per heavy atom. The number of carboxylic acid groups (broad SMARTS) is 1. The molecule has 0 atom stereocenters. The molecule has 0 aromatic carbocycles. The normalized spacial score (nSPS) is 16.4. The highest BCUT2D eigenvalue weighted by atomic mass is 16.4. The summed E-state index contributed by atoms with van der Waals surface area (Å²) < 4.78 is 5.71. The van der Waals surface area contributed by atoms with Crippen molar-refractivity contribution in [3.05, 3.63) is 23.2 Å². The average Bonchev–Trinajstić information content (AvgIpc) is 2.44. The molecule has 88 valence electrons. The lowest BCUT2D eigenvalue weighted by Crippen LogP contribution is -2.11. The number of hydrogen-bond acceptors (Lipinski definition) is 2. The first-order valence-corrected chi connectivity index (χ1v) is 5.94. The third-order valence-electron chi connectivity index (χ3n) is 3.13. The molecule has 1 aliphatic carbocycles. The van der Waals surface area contributed by atoms with Crippen molar-refractivity contribution < 1.29 is 14.3 Å². The van der Waals surface area contributed by atoms with Gasteiger partial charge >= 0.3 is 5.97 Å². The van der Waals surface area contributed by atoms with Crippen molar-refractivity contribution in [3.63, 3.8) is 0 Å². The molecule has 0 spiro atoms. The summed E-state index contributed by atoms with van der Waals surface area (Å²) in [5.74, 6) is 1.48. The zero-order valence-corrected chi connectivity index (χ0v) is 9.82. The van der Waals surface area contributed by atoms with E-state index in [0.717, 1.165) is 25.0 Å². The Morgan fingerprint density at radius 1 is 1.56 bits per heavy atom. The van der Waals surface area contributed by atoms with Gasteiger partial charge < -0.3 is 9.52 Å². The molecule has 1 aromatic heterocycles. The van der Waals surface area contributed by atoms with Crippen LogP contribution in [0.3, 0.4) is 0 Å². The Bertz CT molecular complexity index is 386. The molecule has 0 amide bonds. The molecule has 0 bridgehead atoms. The fraction of sp³-hybridized carbons (Fsp3) is 0.615. The van der Waals surface area contributed by atoms with Crippen molar-refractivity contribution in [1.29, 1.82) is 0 Å². The zero-order chi connectivity index (χ0) is 11.7. The van der Waals surface area contributed by atoms with E-state index in [1.165, 1.54) is 6.42 Å². The van der Waals surface area contributed by atoms with Gasteiger partial charge in [0, 0.05) is 12.3 Å². The molecule has 1 aromatic rings. The number of hydrogen-bond donors (Lipinski definition) is 1. The minimum Gasteiger partial charge on any atom is -0.478 e. The van der Waals surface area contributed by atoms with Gasteiger partial charge in [-0.15, -0.1) is 0 Å². The van der Waals surface area contributed by atoms with E-state index >= 15 is 0 Å². The molecule has 0 unspecified atom stereocenters. The molecule has 1 heterocycles. The highest BCUT2D eigenvalue weighted by Crippen LogP contribution is 2.39. The zero-order valence-electron chi connectivity index (χ0n) is 9.82. The van der Waals surface area contributed by atoms with Gasteiger partial charge in [-0.3, -0.25) is 0 Å². The van der Waals surface area contributed by atoms with Crippen molar-refractivity contribution in [2.75, 3.05) is 0 Å². The van der Waals surface area contributed by atoms with Crippen molar-refractivity contribution in [2.45, 2.75) is 45.4 Å². The standard InChI is InChI=1S/C13H18O3/c1-8(2)6-10-7-11(13(14)15)12(16-10)9-4-3-5-9/h7-9H,3-6H2,1-2H3,(H,14,15). The Morgan fingerprint density at radius 2 is 2.25 bits per heavy atom. The first kappa shape index (κ1) is 11.2. The van der Waals surface area contributed by atoms with Gasteiger partial charge in [0.05, 0.1) is 0 Å². The van der Waals surface area contributed by atoms with Crippen LogP contribution in [-0.2, 0) is 6.42 Å². The first-order valence-electron chi connectivity index (χ1n) is 5.94. The molecule has 0 radical (unpaired) electrons. The van der Waals surface area contributed by atoms with Crippen LogP contribution in [-0.4, -0.2) is 11.1 Å². The summed E-state index contributed by atoms with van der Waals surface area (Å²) in [6.45, 7) is 4.21. The minimum absolute atomic E-state index is 0.340. The second-order valence-corrected chi connectivity index (χ2v) is 5.02. The van der Waals surface area contributed by atoms with Gasteiger partial charge in [-0.1, -0.05) is 20.3 Å². The van der Waals surface area contributed by atoms with Crippen LogP contribution in [0.5, 0.6) is 0 Å². The average molecular weight is 222 g/mol. The van der Waals surface area contributed by atoms with Crippen LogP contribution in [0.2, 0.25) is 0 Å². The van der Waals surface area contributed by atoms with E-state index in [9.17, 15) is 4.79 Å². The van der Waals surface area contributed by atoms with Crippen molar-refractivity contribution in [3.8, 4) is 0 Å². The third kappa shape index (κ3) is 2.13. The van der Waals surface area contributed by atoms with Crippen molar-refractivity contribution in [2.24, 2.45) is 5.92 Å². The molecule has 0 saturated heterocycles. The number of carboxylic acids is 1. The first-order chi connectivity index (χ1) is 7.58. The largest absolute Gasteiger partial charge is 0.478 e. The molecule has 3 heteroatoms. The van der Waals surface area contributed by atoms with Crippen LogP contribution >= 0.6 is 0 Å². The lowest BCUT2D eigenvalue weighted by molar-refractivity contribution is 0.0692. The Kier molecular flexibility index (Phi) is 3.03. The molecule has 2 rings (SSSR count). The number of carbonyl (C=O) groups is 1. The molecular formula is C13H18O3. The topological polar surface area (TPSA) is 50.4 Å². The highest BCUT2D eigenvalue weighted by Gasteiger charge is 2.29. The van der Waals surface area contributed by atoms with Gasteiger partial charge in [0.2, 0.25) is 0 Å². The Hall–Kier alpha value is -1.25. The molecule has 1 N–H and O–H groups in total. The second-order valence-electron chi connectivity index (χ2n) is 5.02. The molecule has 1 aliphatic rings. The summed E-state index contributed by atoms with van der Waals surface area (Å²) in [4.78, 5) is 11.1. The van der Waals surface area contributed by atoms with Gasteiger partial charge in [0.15, 0.2) is 0 Å². The quantitative estimate of drug-likeness (QED) is 0.848. The van der Waals surface area contributed by atoms with Gasteiger partial charge in [-0.05, 0) is 24.8 Å². The molecule has 1 saturated carbocycles.